The summed E-state index contributed by atoms with van der Waals surface area (Å²) in [5, 5.41) is 0. The minimum Gasteiger partial charge on any atom is -0.493 e. The first-order valence-electron chi connectivity index (χ1n) is 10.1. The molecular weight excluding hydrogens is 406 g/mol. The number of para-hydroxylation sites is 1. The van der Waals surface area contributed by atoms with Crippen LogP contribution in [0.15, 0.2) is 60.7 Å². The summed E-state index contributed by atoms with van der Waals surface area (Å²) in [5.41, 5.74) is 3.53. The van der Waals surface area contributed by atoms with Gasteiger partial charge in [0.1, 0.15) is 0 Å². The highest BCUT2D eigenvalue weighted by Crippen LogP contribution is 2.40. The van der Waals surface area contributed by atoms with Crippen LogP contribution in [0.1, 0.15) is 27.0 Å². The molecule has 0 saturated carbocycles. The lowest BCUT2D eigenvalue weighted by Crippen LogP contribution is -2.42. The molecule has 0 atom stereocenters. The van der Waals surface area contributed by atoms with Gasteiger partial charge >= 0.3 is 0 Å². The van der Waals surface area contributed by atoms with Gasteiger partial charge in [-0.25, -0.2) is 4.90 Å². The standard InChI is InChI=1S/C26H23NO5/c1-16-9-5-8-12-21(16)27-25(28)19-11-7-6-10-18(19)20(26(27)29)13-17-14-22(30-2)24(32-4)23(15-17)31-3/h5-15H,1-4H3/b20-13-. The van der Waals surface area contributed by atoms with Crippen molar-refractivity contribution >= 4 is 29.2 Å². The summed E-state index contributed by atoms with van der Waals surface area (Å²) in [6.45, 7) is 1.87. The van der Waals surface area contributed by atoms with Crippen molar-refractivity contribution in [2.24, 2.45) is 0 Å². The third kappa shape index (κ3) is 3.50. The van der Waals surface area contributed by atoms with E-state index in [1.54, 1.807) is 42.5 Å². The number of imide groups is 1. The van der Waals surface area contributed by atoms with E-state index in [1.165, 1.54) is 26.2 Å². The molecule has 0 aliphatic carbocycles. The summed E-state index contributed by atoms with van der Waals surface area (Å²) in [7, 11) is 4.60. The van der Waals surface area contributed by atoms with Gasteiger partial charge in [0.25, 0.3) is 11.8 Å². The van der Waals surface area contributed by atoms with E-state index in [1.807, 2.05) is 31.2 Å². The van der Waals surface area contributed by atoms with Gasteiger partial charge in [-0.1, -0.05) is 36.4 Å². The Kier molecular flexibility index (Phi) is 5.69. The van der Waals surface area contributed by atoms with E-state index in [4.69, 9.17) is 14.2 Å². The summed E-state index contributed by atoms with van der Waals surface area (Å²) in [5.74, 6) is 0.673. The maximum Gasteiger partial charge on any atom is 0.265 e. The van der Waals surface area contributed by atoms with Crippen LogP contribution in [0.25, 0.3) is 11.6 Å². The molecule has 0 aromatic heterocycles. The maximum absolute atomic E-state index is 13.6. The second-order valence-corrected chi connectivity index (χ2v) is 7.29. The molecule has 6 nitrogen and oxygen atoms in total. The van der Waals surface area contributed by atoms with Crippen LogP contribution in [0.4, 0.5) is 5.69 Å². The van der Waals surface area contributed by atoms with Crippen LogP contribution in [0.3, 0.4) is 0 Å². The molecule has 0 saturated heterocycles. The molecule has 162 valence electrons. The van der Waals surface area contributed by atoms with Gasteiger partial charge in [-0.05, 0) is 54.0 Å². The number of methoxy groups -OCH3 is 3. The van der Waals surface area contributed by atoms with E-state index < -0.39 is 5.91 Å². The van der Waals surface area contributed by atoms with Crippen LogP contribution < -0.4 is 19.1 Å². The fraction of sp³-hybridized carbons (Fsp3) is 0.154. The molecule has 0 radical (unpaired) electrons. The van der Waals surface area contributed by atoms with Crippen molar-refractivity contribution in [2.45, 2.75) is 6.92 Å². The fourth-order valence-corrected chi connectivity index (χ4v) is 3.88. The van der Waals surface area contributed by atoms with Gasteiger partial charge in [-0.2, -0.15) is 0 Å². The molecule has 0 bridgehead atoms. The molecule has 3 aromatic carbocycles. The van der Waals surface area contributed by atoms with Crippen molar-refractivity contribution in [2.75, 3.05) is 26.2 Å². The van der Waals surface area contributed by atoms with Crippen LogP contribution >= 0.6 is 0 Å². The SMILES string of the molecule is COc1cc(/C=C2\C(=O)N(c3ccccc3C)C(=O)c3ccccc32)cc(OC)c1OC. The number of hydrogen-bond donors (Lipinski definition) is 0. The van der Waals surface area contributed by atoms with Gasteiger partial charge in [-0.3, -0.25) is 9.59 Å². The first-order chi connectivity index (χ1) is 15.5. The lowest BCUT2D eigenvalue weighted by Gasteiger charge is -2.29. The van der Waals surface area contributed by atoms with Crippen molar-refractivity contribution in [3.8, 4) is 17.2 Å². The molecule has 1 heterocycles. The van der Waals surface area contributed by atoms with Crippen LogP contribution in [-0.2, 0) is 4.79 Å². The topological polar surface area (TPSA) is 65.1 Å². The highest BCUT2D eigenvalue weighted by molar-refractivity contribution is 6.43. The third-order valence-corrected chi connectivity index (χ3v) is 5.44. The normalized spacial score (nSPS) is 14.4. The number of carbonyl (C=O) groups excluding carboxylic acids is 2. The quantitative estimate of drug-likeness (QED) is 0.433. The summed E-state index contributed by atoms with van der Waals surface area (Å²) >= 11 is 0. The Morgan fingerprint density at radius 2 is 1.34 bits per heavy atom. The van der Waals surface area contributed by atoms with Crippen LogP contribution in [-0.4, -0.2) is 33.1 Å². The Labute approximate surface area is 186 Å². The number of rotatable bonds is 5. The van der Waals surface area contributed by atoms with Crippen molar-refractivity contribution < 1.29 is 23.8 Å². The van der Waals surface area contributed by atoms with Gasteiger partial charge in [0.05, 0.1) is 27.0 Å². The molecule has 32 heavy (non-hydrogen) atoms. The van der Waals surface area contributed by atoms with E-state index >= 15 is 0 Å². The average molecular weight is 429 g/mol. The minimum absolute atomic E-state index is 0.345. The second-order valence-electron chi connectivity index (χ2n) is 7.29. The third-order valence-electron chi connectivity index (χ3n) is 5.44. The number of anilines is 1. The smallest absolute Gasteiger partial charge is 0.265 e. The number of fused-ring (bicyclic) bond motifs is 1. The number of amides is 2. The van der Waals surface area contributed by atoms with Crippen molar-refractivity contribution in [3.63, 3.8) is 0 Å². The summed E-state index contributed by atoms with van der Waals surface area (Å²) in [6.07, 6.45) is 1.74. The Hall–Kier alpha value is -4.06. The Morgan fingerprint density at radius 3 is 1.94 bits per heavy atom. The minimum atomic E-state index is -0.392. The van der Waals surface area contributed by atoms with Crippen molar-refractivity contribution in [1.29, 1.82) is 0 Å². The molecule has 1 aliphatic rings. The molecule has 2 amide bonds. The Balaban J connectivity index is 1.93. The highest BCUT2D eigenvalue weighted by atomic mass is 16.5. The molecule has 0 spiro atoms. The number of aryl methyl sites for hydroxylation is 1. The largest absolute Gasteiger partial charge is 0.493 e. The number of benzene rings is 3. The molecule has 1 aliphatic heterocycles. The first kappa shape index (κ1) is 21.2. The average Bonchev–Trinajstić information content (AvgIpc) is 2.82. The Bertz CT molecular complexity index is 1220. The molecule has 0 N–H and O–H groups in total. The predicted molar refractivity (Wildman–Crippen MR) is 123 cm³/mol. The molecular formula is C26H23NO5. The molecule has 3 aromatic rings. The van der Waals surface area contributed by atoms with Crippen LogP contribution in [0.5, 0.6) is 17.2 Å². The zero-order valence-electron chi connectivity index (χ0n) is 18.3. The van der Waals surface area contributed by atoms with Gasteiger partial charge in [0, 0.05) is 11.1 Å². The number of nitrogens with zero attached hydrogens (tertiary/aromatic N) is 1. The van der Waals surface area contributed by atoms with Gasteiger partial charge in [-0.15, -0.1) is 0 Å². The molecule has 6 heteroatoms. The first-order valence-corrected chi connectivity index (χ1v) is 10.1. The molecule has 0 fully saturated rings. The van der Waals surface area contributed by atoms with Crippen molar-refractivity contribution in [3.05, 3.63) is 82.9 Å². The molecule has 0 unspecified atom stereocenters. The van der Waals surface area contributed by atoms with Gasteiger partial charge in [0.2, 0.25) is 5.75 Å². The van der Waals surface area contributed by atoms with Gasteiger partial charge < -0.3 is 14.2 Å². The van der Waals surface area contributed by atoms with E-state index in [2.05, 4.69) is 0 Å². The predicted octanol–water partition coefficient (Wildman–Crippen LogP) is 4.75. The zero-order valence-corrected chi connectivity index (χ0v) is 18.3. The van der Waals surface area contributed by atoms with E-state index in [-0.39, 0.29) is 5.91 Å². The molecule has 4 rings (SSSR count). The summed E-state index contributed by atoms with van der Waals surface area (Å²) < 4.78 is 16.3. The number of carbonyl (C=O) groups is 2. The lowest BCUT2D eigenvalue weighted by molar-refractivity contribution is -0.112. The number of ether oxygens (including phenoxy) is 3. The van der Waals surface area contributed by atoms with Crippen LogP contribution in [0, 0.1) is 6.92 Å². The Morgan fingerprint density at radius 1 is 0.750 bits per heavy atom. The maximum atomic E-state index is 13.6. The monoisotopic (exact) mass is 429 g/mol. The van der Waals surface area contributed by atoms with E-state index in [9.17, 15) is 9.59 Å². The summed E-state index contributed by atoms with van der Waals surface area (Å²) in [4.78, 5) is 28.2. The van der Waals surface area contributed by atoms with Crippen molar-refractivity contribution in [1.82, 2.24) is 0 Å². The summed E-state index contributed by atoms with van der Waals surface area (Å²) in [6, 6.07) is 18.0. The van der Waals surface area contributed by atoms with E-state index in [0.717, 1.165) is 5.56 Å². The second kappa shape index (κ2) is 8.59. The van der Waals surface area contributed by atoms with E-state index in [0.29, 0.717) is 45.2 Å². The zero-order chi connectivity index (χ0) is 22.8. The fourth-order valence-electron chi connectivity index (χ4n) is 3.88. The van der Waals surface area contributed by atoms with Crippen LogP contribution in [0.2, 0.25) is 0 Å². The highest BCUT2D eigenvalue weighted by Gasteiger charge is 2.36. The van der Waals surface area contributed by atoms with Gasteiger partial charge in [0.15, 0.2) is 11.5 Å². The lowest BCUT2D eigenvalue weighted by atomic mass is 9.91. The number of hydrogen-bond acceptors (Lipinski definition) is 5.